The molecule has 0 saturated heterocycles. The lowest BCUT2D eigenvalue weighted by Crippen LogP contribution is -2.36. The molecule has 3 N–H and O–H groups in total. The summed E-state index contributed by atoms with van der Waals surface area (Å²) in [6.45, 7) is 3.03. The van der Waals surface area contributed by atoms with Gasteiger partial charge in [-0.05, 0) is 12.8 Å². The average molecular weight is 214 g/mol. The molecule has 1 rings (SSSR count). The Kier molecular flexibility index (Phi) is 5.41. The van der Waals surface area contributed by atoms with Crippen LogP contribution in [0.5, 0.6) is 0 Å². The molecule has 0 spiro atoms. The highest BCUT2D eigenvalue weighted by atomic mass is 32.1. The van der Waals surface area contributed by atoms with E-state index in [-0.39, 0.29) is 0 Å². The van der Waals surface area contributed by atoms with Crippen LogP contribution in [-0.2, 0) is 0 Å². The number of nitrogens with two attached hydrogens (primary N) is 1. The van der Waals surface area contributed by atoms with Crippen molar-refractivity contribution in [3.63, 3.8) is 0 Å². The first-order valence-corrected chi connectivity index (χ1v) is 6.13. The van der Waals surface area contributed by atoms with Crippen molar-refractivity contribution in [3.8, 4) is 0 Å². The first-order chi connectivity index (χ1) is 6.70. The van der Waals surface area contributed by atoms with Gasteiger partial charge in [-0.3, -0.25) is 0 Å². The zero-order chi connectivity index (χ0) is 10.4. The predicted molar refractivity (Wildman–Crippen MR) is 65.4 cm³/mol. The molecule has 1 aliphatic carbocycles. The van der Waals surface area contributed by atoms with Crippen LogP contribution in [0.15, 0.2) is 0 Å². The molecule has 2 nitrogen and oxygen atoms in total. The molecule has 0 aliphatic heterocycles. The molecule has 0 aromatic carbocycles. The van der Waals surface area contributed by atoms with Gasteiger partial charge in [-0.25, -0.2) is 0 Å². The zero-order valence-electron chi connectivity index (χ0n) is 9.09. The fraction of sp³-hybridized carbons (Fsp3) is 0.909. The minimum atomic E-state index is 0.327. The first kappa shape index (κ1) is 11.9. The van der Waals surface area contributed by atoms with Crippen LogP contribution >= 0.6 is 12.2 Å². The smallest absolute Gasteiger partial charge is 0.0768 e. The Morgan fingerprint density at radius 2 is 1.93 bits per heavy atom. The molecule has 1 atom stereocenters. The summed E-state index contributed by atoms with van der Waals surface area (Å²) in [4.78, 5) is 0.631. The molecule has 0 heterocycles. The van der Waals surface area contributed by atoms with Crippen molar-refractivity contribution in [1.29, 1.82) is 0 Å². The van der Waals surface area contributed by atoms with Gasteiger partial charge in [0.25, 0.3) is 0 Å². The van der Waals surface area contributed by atoms with Crippen molar-refractivity contribution < 1.29 is 0 Å². The third kappa shape index (κ3) is 4.38. The number of nitrogens with one attached hydrogen (secondary N) is 1. The fourth-order valence-electron chi connectivity index (χ4n) is 1.93. The quantitative estimate of drug-likeness (QED) is 0.557. The highest BCUT2D eigenvalue weighted by Crippen LogP contribution is 2.17. The zero-order valence-corrected chi connectivity index (χ0v) is 9.91. The van der Waals surface area contributed by atoms with Crippen molar-refractivity contribution >= 4 is 17.2 Å². The van der Waals surface area contributed by atoms with Crippen LogP contribution in [0.1, 0.15) is 45.4 Å². The minimum Gasteiger partial charge on any atom is -0.393 e. The molecule has 0 bridgehead atoms. The molecule has 0 aromatic heterocycles. The Morgan fingerprint density at radius 3 is 2.43 bits per heavy atom. The second-order valence-electron chi connectivity index (χ2n) is 4.40. The highest BCUT2D eigenvalue weighted by molar-refractivity contribution is 7.80. The summed E-state index contributed by atoms with van der Waals surface area (Å²) < 4.78 is 0. The second-order valence-corrected chi connectivity index (χ2v) is 4.87. The second kappa shape index (κ2) is 6.36. The Morgan fingerprint density at radius 1 is 1.36 bits per heavy atom. The molecule has 14 heavy (non-hydrogen) atoms. The van der Waals surface area contributed by atoms with E-state index in [1.807, 2.05) is 0 Å². The summed E-state index contributed by atoms with van der Waals surface area (Å²) in [7, 11) is 0. The molecular weight excluding hydrogens is 192 g/mol. The third-order valence-electron chi connectivity index (χ3n) is 3.05. The third-order valence-corrected chi connectivity index (χ3v) is 3.46. The summed E-state index contributed by atoms with van der Waals surface area (Å²) in [5.41, 5.74) is 5.57. The molecule has 82 valence electrons. The van der Waals surface area contributed by atoms with Gasteiger partial charge in [0.1, 0.15) is 0 Å². The fourth-order valence-corrected chi connectivity index (χ4v) is 2.01. The van der Waals surface area contributed by atoms with Gasteiger partial charge in [0.15, 0.2) is 0 Å². The lowest BCUT2D eigenvalue weighted by Gasteiger charge is -2.18. The van der Waals surface area contributed by atoms with Crippen molar-refractivity contribution in [2.24, 2.45) is 11.7 Å². The summed E-state index contributed by atoms with van der Waals surface area (Å²) in [5.74, 6) is 0.327. The summed E-state index contributed by atoms with van der Waals surface area (Å²) in [6, 6.07) is 0.703. The van der Waals surface area contributed by atoms with Crippen LogP contribution in [0.3, 0.4) is 0 Å². The van der Waals surface area contributed by atoms with Crippen LogP contribution < -0.4 is 11.1 Å². The number of hydrogen-bond acceptors (Lipinski definition) is 2. The van der Waals surface area contributed by atoms with Gasteiger partial charge in [-0.15, -0.1) is 0 Å². The molecule has 0 amide bonds. The van der Waals surface area contributed by atoms with Crippen molar-refractivity contribution in [1.82, 2.24) is 5.32 Å². The molecule has 1 aliphatic rings. The van der Waals surface area contributed by atoms with E-state index in [1.54, 1.807) is 0 Å². The lowest BCUT2D eigenvalue weighted by atomic mass is 10.1. The Balaban J connectivity index is 2.18. The normalized spacial score (nSPS) is 21.5. The standard InChI is InChI=1S/C11H22N2S/c1-9(11(12)14)8-13-10-6-4-2-3-5-7-10/h9-10,13H,2-8H2,1H3,(H2,12,14). The van der Waals surface area contributed by atoms with E-state index in [0.717, 1.165) is 6.54 Å². The minimum absolute atomic E-state index is 0.327. The van der Waals surface area contributed by atoms with Crippen molar-refractivity contribution in [2.45, 2.75) is 51.5 Å². The maximum atomic E-state index is 5.57. The molecule has 1 unspecified atom stereocenters. The van der Waals surface area contributed by atoms with E-state index in [1.165, 1.54) is 38.5 Å². The number of thiocarbonyl (C=S) groups is 1. The summed E-state index contributed by atoms with van der Waals surface area (Å²) in [5, 5.41) is 3.58. The Hall–Kier alpha value is -0.150. The van der Waals surface area contributed by atoms with E-state index in [2.05, 4.69) is 12.2 Å². The largest absolute Gasteiger partial charge is 0.393 e. The number of hydrogen-bond donors (Lipinski definition) is 2. The van der Waals surface area contributed by atoms with Crippen LogP contribution in [0, 0.1) is 5.92 Å². The monoisotopic (exact) mass is 214 g/mol. The predicted octanol–water partition coefficient (Wildman–Crippen LogP) is 2.22. The molecule has 0 aromatic rings. The Labute approximate surface area is 92.6 Å². The summed E-state index contributed by atoms with van der Waals surface area (Å²) >= 11 is 4.95. The van der Waals surface area contributed by atoms with Gasteiger partial charge in [-0.1, -0.05) is 44.8 Å². The molecular formula is C11H22N2S. The highest BCUT2D eigenvalue weighted by Gasteiger charge is 2.13. The van der Waals surface area contributed by atoms with Crippen LogP contribution in [0.2, 0.25) is 0 Å². The van der Waals surface area contributed by atoms with E-state index in [0.29, 0.717) is 16.9 Å². The average Bonchev–Trinajstić information content (AvgIpc) is 2.42. The molecule has 3 heteroatoms. The molecule has 1 saturated carbocycles. The summed E-state index contributed by atoms with van der Waals surface area (Å²) in [6.07, 6.45) is 8.21. The first-order valence-electron chi connectivity index (χ1n) is 5.73. The van der Waals surface area contributed by atoms with E-state index < -0.39 is 0 Å². The maximum Gasteiger partial charge on any atom is 0.0768 e. The van der Waals surface area contributed by atoms with Gasteiger partial charge in [0, 0.05) is 18.5 Å². The van der Waals surface area contributed by atoms with E-state index in [9.17, 15) is 0 Å². The molecule has 1 fully saturated rings. The Bertz CT molecular complexity index is 174. The topological polar surface area (TPSA) is 38.0 Å². The van der Waals surface area contributed by atoms with E-state index >= 15 is 0 Å². The van der Waals surface area contributed by atoms with Crippen LogP contribution in [0.4, 0.5) is 0 Å². The van der Waals surface area contributed by atoms with Crippen LogP contribution in [0.25, 0.3) is 0 Å². The van der Waals surface area contributed by atoms with Gasteiger partial charge < -0.3 is 11.1 Å². The van der Waals surface area contributed by atoms with Crippen molar-refractivity contribution in [3.05, 3.63) is 0 Å². The molecule has 0 radical (unpaired) electrons. The van der Waals surface area contributed by atoms with Gasteiger partial charge in [0.2, 0.25) is 0 Å². The number of rotatable bonds is 4. The van der Waals surface area contributed by atoms with E-state index in [4.69, 9.17) is 18.0 Å². The van der Waals surface area contributed by atoms with Crippen LogP contribution in [-0.4, -0.2) is 17.6 Å². The van der Waals surface area contributed by atoms with Gasteiger partial charge >= 0.3 is 0 Å². The lowest BCUT2D eigenvalue weighted by molar-refractivity contribution is 0.445. The maximum absolute atomic E-state index is 5.57. The SMILES string of the molecule is CC(CNC1CCCCCC1)C(N)=S. The van der Waals surface area contributed by atoms with Gasteiger partial charge in [-0.2, -0.15) is 0 Å². The van der Waals surface area contributed by atoms with Gasteiger partial charge in [0.05, 0.1) is 4.99 Å². The van der Waals surface area contributed by atoms with Crippen molar-refractivity contribution in [2.75, 3.05) is 6.54 Å².